The Hall–Kier alpha value is -1.25. The fourth-order valence-corrected chi connectivity index (χ4v) is 2.10. The quantitative estimate of drug-likeness (QED) is 0.439. The molecule has 106 valence electrons. The minimum atomic E-state index is -1.02. The fraction of sp³-hybridized carbons (Fsp3) is 0.562. The molecule has 3 heteroatoms. The van der Waals surface area contributed by atoms with E-state index < -0.39 is 11.6 Å². The van der Waals surface area contributed by atoms with Crippen LogP contribution in [0.4, 0.5) is 8.78 Å². The number of unbranched alkanes of at least 4 members (excludes halogenated alkanes) is 6. The molecule has 1 aromatic carbocycles. The monoisotopic (exact) mass is 268 g/mol. The maximum absolute atomic E-state index is 13.4. The lowest BCUT2D eigenvalue weighted by molar-refractivity contribution is 0.0974. The lowest BCUT2D eigenvalue weighted by Crippen LogP contribution is -2.04. The largest absolute Gasteiger partial charge is 0.294 e. The zero-order valence-electron chi connectivity index (χ0n) is 11.6. The van der Waals surface area contributed by atoms with Crippen molar-refractivity contribution in [1.29, 1.82) is 0 Å². The van der Waals surface area contributed by atoms with Gasteiger partial charge in [-0.25, -0.2) is 8.78 Å². The summed E-state index contributed by atoms with van der Waals surface area (Å²) in [6.07, 6.45) is 8.05. The summed E-state index contributed by atoms with van der Waals surface area (Å²) in [5.41, 5.74) is -0.119. The highest BCUT2D eigenvalue weighted by Crippen LogP contribution is 2.15. The highest BCUT2D eigenvalue weighted by molar-refractivity contribution is 5.96. The standard InChI is InChI=1S/C16H22F2O/c1-2-3-4-5-6-7-8-12-15(19)13-10-9-11-14(17)16(13)18/h9-11H,2-8,12H2,1H3. The van der Waals surface area contributed by atoms with Gasteiger partial charge in [0.1, 0.15) is 0 Å². The van der Waals surface area contributed by atoms with Crippen LogP contribution < -0.4 is 0 Å². The van der Waals surface area contributed by atoms with Crippen molar-refractivity contribution in [3.8, 4) is 0 Å². The highest BCUT2D eigenvalue weighted by Gasteiger charge is 2.14. The van der Waals surface area contributed by atoms with Crippen molar-refractivity contribution >= 4 is 5.78 Å². The molecule has 0 heterocycles. The van der Waals surface area contributed by atoms with Gasteiger partial charge < -0.3 is 0 Å². The molecule has 19 heavy (non-hydrogen) atoms. The maximum Gasteiger partial charge on any atom is 0.169 e. The highest BCUT2D eigenvalue weighted by atomic mass is 19.2. The Kier molecular flexibility index (Phi) is 7.31. The van der Waals surface area contributed by atoms with E-state index in [2.05, 4.69) is 6.92 Å². The SMILES string of the molecule is CCCCCCCCCC(=O)c1cccc(F)c1F. The number of benzene rings is 1. The van der Waals surface area contributed by atoms with Gasteiger partial charge in [-0.15, -0.1) is 0 Å². The fourth-order valence-electron chi connectivity index (χ4n) is 2.10. The van der Waals surface area contributed by atoms with Gasteiger partial charge in [-0.2, -0.15) is 0 Å². The average molecular weight is 268 g/mol. The molecule has 0 aliphatic carbocycles. The van der Waals surface area contributed by atoms with E-state index in [1.807, 2.05) is 0 Å². The molecule has 1 nitrogen and oxygen atoms in total. The lowest BCUT2D eigenvalue weighted by Gasteiger charge is -2.03. The van der Waals surface area contributed by atoms with Gasteiger partial charge in [0.2, 0.25) is 0 Å². The van der Waals surface area contributed by atoms with Crippen molar-refractivity contribution in [2.24, 2.45) is 0 Å². The molecular formula is C16H22F2O. The van der Waals surface area contributed by atoms with Crippen molar-refractivity contribution in [2.45, 2.75) is 58.3 Å². The molecule has 0 aliphatic rings. The minimum absolute atomic E-state index is 0.119. The number of ketones is 1. The van der Waals surface area contributed by atoms with Crippen LogP contribution in [-0.4, -0.2) is 5.78 Å². The Balaban J connectivity index is 2.26. The summed E-state index contributed by atoms with van der Waals surface area (Å²) in [6, 6.07) is 3.75. The zero-order valence-corrected chi connectivity index (χ0v) is 11.6. The maximum atomic E-state index is 13.4. The van der Waals surface area contributed by atoms with Gasteiger partial charge in [-0.1, -0.05) is 51.5 Å². The Morgan fingerprint density at radius 2 is 1.63 bits per heavy atom. The van der Waals surface area contributed by atoms with Crippen LogP contribution in [0.25, 0.3) is 0 Å². The summed E-state index contributed by atoms with van der Waals surface area (Å²) < 4.78 is 26.3. The van der Waals surface area contributed by atoms with E-state index in [1.54, 1.807) is 0 Å². The van der Waals surface area contributed by atoms with Crippen molar-refractivity contribution in [1.82, 2.24) is 0 Å². The Morgan fingerprint density at radius 3 is 2.32 bits per heavy atom. The smallest absolute Gasteiger partial charge is 0.169 e. The predicted molar refractivity (Wildman–Crippen MR) is 73.3 cm³/mol. The zero-order chi connectivity index (χ0) is 14.1. The molecule has 0 atom stereocenters. The summed E-state index contributed by atoms with van der Waals surface area (Å²) in [6.45, 7) is 2.17. The average Bonchev–Trinajstić information content (AvgIpc) is 2.40. The van der Waals surface area contributed by atoms with Gasteiger partial charge in [0.05, 0.1) is 5.56 Å². The van der Waals surface area contributed by atoms with Crippen LogP contribution in [0, 0.1) is 11.6 Å². The van der Waals surface area contributed by atoms with Gasteiger partial charge >= 0.3 is 0 Å². The van der Waals surface area contributed by atoms with E-state index in [0.29, 0.717) is 6.42 Å². The van der Waals surface area contributed by atoms with Crippen LogP contribution in [0.2, 0.25) is 0 Å². The summed E-state index contributed by atoms with van der Waals surface area (Å²) in [5.74, 6) is -2.27. The van der Waals surface area contributed by atoms with Gasteiger partial charge in [0.25, 0.3) is 0 Å². The second-order valence-corrected chi connectivity index (χ2v) is 4.90. The van der Waals surface area contributed by atoms with Gasteiger partial charge in [0.15, 0.2) is 17.4 Å². The summed E-state index contributed by atoms with van der Waals surface area (Å²) in [7, 11) is 0. The molecule has 0 aromatic heterocycles. The van der Waals surface area contributed by atoms with Gasteiger partial charge in [0, 0.05) is 6.42 Å². The van der Waals surface area contributed by atoms with E-state index >= 15 is 0 Å². The molecule has 0 amide bonds. The second kappa shape index (κ2) is 8.78. The van der Waals surface area contributed by atoms with E-state index in [9.17, 15) is 13.6 Å². The van der Waals surface area contributed by atoms with E-state index in [1.165, 1.54) is 37.8 Å². The van der Waals surface area contributed by atoms with Crippen molar-refractivity contribution < 1.29 is 13.6 Å². The topological polar surface area (TPSA) is 17.1 Å². The first-order chi connectivity index (χ1) is 9.16. The van der Waals surface area contributed by atoms with Crippen molar-refractivity contribution in [3.05, 3.63) is 35.4 Å². The summed E-state index contributed by atoms with van der Waals surface area (Å²) >= 11 is 0. The molecule has 0 N–H and O–H groups in total. The number of hydrogen-bond acceptors (Lipinski definition) is 1. The Morgan fingerprint density at radius 1 is 1.00 bits per heavy atom. The third-order valence-corrected chi connectivity index (χ3v) is 3.26. The number of carbonyl (C=O) groups excluding carboxylic acids is 1. The Labute approximate surface area is 114 Å². The van der Waals surface area contributed by atoms with E-state index in [-0.39, 0.29) is 11.3 Å². The molecule has 0 bridgehead atoms. The summed E-state index contributed by atoms with van der Waals surface area (Å²) in [4.78, 5) is 11.7. The van der Waals surface area contributed by atoms with E-state index in [4.69, 9.17) is 0 Å². The molecule has 0 radical (unpaired) electrons. The third-order valence-electron chi connectivity index (χ3n) is 3.26. The third kappa shape index (κ3) is 5.50. The van der Waals surface area contributed by atoms with Crippen molar-refractivity contribution in [2.75, 3.05) is 0 Å². The number of Topliss-reactive ketones (excluding diaryl/α,β-unsaturated/α-hetero) is 1. The second-order valence-electron chi connectivity index (χ2n) is 4.90. The van der Waals surface area contributed by atoms with E-state index in [0.717, 1.165) is 25.3 Å². The number of halogens is 2. The summed E-state index contributed by atoms with van der Waals surface area (Å²) in [5, 5.41) is 0. The first-order valence-electron chi connectivity index (χ1n) is 7.14. The predicted octanol–water partition coefficient (Wildman–Crippen LogP) is 5.29. The Bertz CT molecular complexity index is 402. The number of rotatable bonds is 9. The molecule has 0 saturated carbocycles. The van der Waals surface area contributed by atoms with Crippen LogP contribution >= 0.6 is 0 Å². The van der Waals surface area contributed by atoms with Crippen LogP contribution in [-0.2, 0) is 0 Å². The van der Waals surface area contributed by atoms with Gasteiger partial charge in [-0.05, 0) is 18.6 Å². The number of carbonyl (C=O) groups is 1. The molecule has 0 unspecified atom stereocenters. The lowest BCUT2D eigenvalue weighted by atomic mass is 10.0. The first-order valence-corrected chi connectivity index (χ1v) is 7.14. The molecule has 0 spiro atoms. The van der Waals surface area contributed by atoms with Crippen LogP contribution in [0.3, 0.4) is 0 Å². The van der Waals surface area contributed by atoms with Crippen LogP contribution in [0.5, 0.6) is 0 Å². The molecule has 0 fully saturated rings. The normalized spacial score (nSPS) is 10.7. The molecule has 0 aliphatic heterocycles. The van der Waals surface area contributed by atoms with Gasteiger partial charge in [-0.3, -0.25) is 4.79 Å². The number of hydrogen-bond donors (Lipinski definition) is 0. The van der Waals surface area contributed by atoms with Crippen LogP contribution in [0.15, 0.2) is 18.2 Å². The molecule has 1 aromatic rings. The molecular weight excluding hydrogens is 246 g/mol. The molecule has 0 saturated heterocycles. The molecule has 1 rings (SSSR count). The minimum Gasteiger partial charge on any atom is -0.294 e. The first kappa shape index (κ1) is 15.8. The van der Waals surface area contributed by atoms with Crippen LogP contribution in [0.1, 0.15) is 68.6 Å². The van der Waals surface area contributed by atoms with Crippen molar-refractivity contribution in [3.63, 3.8) is 0 Å².